The quantitative estimate of drug-likeness (QED) is 0.847. The summed E-state index contributed by atoms with van der Waals surface area (Å²) in [5.41, 5.74) is -1.64. The Balaban J connectivity index is 1.80. The van der Waals surface area contributed by atoms with Crippen LogP contribution in [-0.2, 0) is 20.4 Å². The zero-order valence-electron chi connectivity index (χ0n) is 15.1. The number of halogens is 3. The third-order valence-corrected chi connectivity index (χ3v) is 5.01. The van der Waals surface area contributed by atoms with Gasteiger partial charge < -0.3 is 19.7 Å². The number of nitrogens with one attached hydrogen (secondary N) is 1. The lowest BCUT2D eigenvalue weighted by Crippen LogP contribution is -2.64. The first-order valence-electron chi connectivity index (χ1n) is 8.91. The van der Waals surface area contributed by atoms with E-state index in [1.165, 1.54) is 7.11 Å². The summed E-state index contributed by atoms with van der Waals surface area (Å²) in [5.74, 6) is -0.208. The van der Waals surface area contributed by atoms with Crippen molar-refractivity contribution in [2.45, 2.75) is 43.5 Å². The first kappa shape index (κ1) is 19.8. The summed E-state index contributed by atoms with van der Waals surface area (Å²) in [5, 5.41) is 2.95. The van der Waals surface area contributed by atoms with E-state index in [4.69, 9.17) is 9.47 Å². The Morgan fingerprint density at radius 1 is 1.48 bits per heavy atom. The highest BCUT2D eigenvalue weighted by Gasteiger charge is 2.46. The molecule has 0 radical (unpaired) electrons. The molecule has 0 unspecified atom stereocenters. The molecule has 1 aromatic rings. The average molecular weight is 388 g/mol. The van der Waals surface area contributed by atoms with Crippen molar-refractivity contribution >= 4 is 11.9 Å². The van der Waals surface area contributed by atoms with Gasteiger partial charge in [0.2, 0.25) is 11.9 Å². The van der Waals surface area contributed by atoms with Crippen LogP contribution in [0.5, 0.6) is 0 Å². The highest BCUT2D eigenvalue weighted by Crippen LogP contribution is 2.36. The second kappa shape index (κ2) is 7.97. The molecule has 1 amide bonds. The van der Waals surface area contributed by atoms with Gasteiger partial charge in [-0.2, -0.15) is 13.2 Å². The summed E-state index contributed by atoms with van der Waals surface area (Å²) < 4.78 is 49.8. The van der Waals surface area contributed by atoms with E-state index in [9.17, 15) is 18.0 Å². The topological polar surface area (TPSA) is 76.6 Å². The van der Waals surface area contributed by atoms with Crippen molar-refractivity contribution < 1.29 is 27.4 Å². The van der Waals surface area contributed by atoms with Gasteiger partial charge in [0, 0.05) is 19.9 Å². The molecule has 1 aliphatic heterocycles. The van der Waals surface area contributed by atoms with E-state index in [1.807, 2.05) is 0 Å². The molecule has 2 fully saturated rings. The van der Waals surface area contributed by atoms with Gasteiger partial charge in [0.1, 0.15) is 17.9 Å². The molecule has 7 nitrogen and oxygen atoms in total. The summed E-state index contributed by atoms with van der Waals surface area (Å²) >= 11 is 0. The second-order valence-electron chi connectivity index (χ2n) is 6.87. The van der Waals surface area contributed by atoms with Gasteiger partial charge in [-0.1, -0.05) is 12.8 Å². The Hall–Kier alpha value is -1.94. The number of aromatic nitrogens is 2. The number of carbonyl (C=O) groups excluding carboxylic acids is 1. The molecule has 27 heavy (non-hydrogen) atoms. The lowest BCUT2D eigenvalue weighted by Gasteiger charge is -2.49. The first-order chi connectivity index (χ1) is 12.8. The number of nitrogens with zero attached hydrogens (tertiary/aromatic N) is 3. The van der Waals surface area contributed by atoms with Gasteiger partial charge in [-0.3, -0.25) is 4.79 Å². The van der Waals surface area contributed by atoms with E-state index in [1.54, 1.807) is 4.90 Å². The van der Waals surface area contributed by atoms with E-state index in [0.29, 0.717) is 26.1 Å². The Labute approximate surface area is 155 Å². The molecular formula is C17H23F3N4O3. The van der Waals surface area contributed by atoms with Crippen LogP contribution in [0.25, 0.3) is 0 Å². The Morgan fingerprint density at radius 2 is 2.30 bits per heavy atom. The average Bonchev–Trinajstić information content (AvgIpc) is 2.64. The molecule has 0 bridgehead atoms. The maximum Gasteiger partial charge on any atom is 0.433 e. The molecule has 2 heterocycles. The van der Waals surface area contributed by atoms with Crippen LogP contribution in [0.3, 0.4) is 0 Å². The fourth-order valence-electron chi connectivity index (χ4n) is 3.78. The van der Waals surface area contributed by atoms with Crippen LogP contribution in [-0.4, -0.2) is 60.9 Å². The van der Waals surface area contributed by atoms with E-state index >= 15 is 0 Å². The zero-order chi connectivity index (χ0) is 19.5. The van der Waals surface area contributed by atoms with Crippen LogP contribution in [0.1, 0.15) is 31.4 Å². The molecule has 150 valence electrons. The molecule has 1 spiro atoms. The Bertz CT molecular complexity index is 669. The Morgan fingerprint density at radius 3 is 3.04 bits per heavy atom. The van der Waals surface area contributed by atoms with Crippen molar-refractivity contribution in [2.75, 3.05) is 38.3 Å². The smallest absolute Gasteiger partial charge is 0.375 e. The van der Waals surface area contributed by atoms with Crippen molar-refractivity contribution in [3.8, 4) is 0 Å². The highest BCUT2D eigenvalue weighted by molar-refractivity contribution is 5.77. The number of alkyl halides is 3. The molecule has 1 N–H and O–H groups in total. The summed E-state index contributed by atoms with van der Waals surface area (Å²) in [6.45, 7) is 0.997. The number of hydrogen-bond donors (Lipinski definition) is 1. The lowest BCUT2D eigenvalue weighted by atomic mass is 9.79. The molecule has 3 rings (SSSR count). The number of morpholine rings is 1. The van der Waals surface area contributed by atoms with Crippen molar-refractivity contribution in [3.05, 3.63) is 18.0 Å². The molecule has 1 saturated carbocycles. The molecule has 2 atom stereocenters. The summed E-state index contributed by atoms with van der Waals surface area (Å²) in [4.78, 5) is 21.4. The standard InChI is InChI=1S/C17H23F3N4O3/c1-26-10-14(25)22-12-4-2-3-6-16(12)11-24(8-9-27-16)15-21-7-5-13(23-15)17(18,19)20/h5,7,12H,2-4,6,8-11H2,1H3,(H,22,25)/t12-,16+/m0/s1. The van der Waals surface area contributed by atoms with Crippen molar-refractivity contribution in [3.63, 3.8) is 0 Å². The Kier molecular flexibility index (Phi) is 5.85. The van der Waals surface area contributed by atoms with Crippen molar-refractivity contribution in [2.24, 2.45) is 0 Å². The lowest BCUT2D eigenvalue weighted by molar-refractivity contribution is -0.141. The van der Waals surface area contributed by atoms with Gasteiger partial charge in [0.05, 0.1) is 19.2 Å². The second-order valence-corrected chi connectivity index (χ2v) is 6.87. The molecule has 0 aromatic carbocycles. The molecule has 10 heteroatoms. The predicted octanol–water partition coefficient (Wildman–Crippen LogP) is 1.78. The van der Waals surface area contributed by atoms with Gasteiger partial charge in [-0.25, -0.2) is 9.97 Å². The molecule has 1 saturated heterocycles. The predicted molar refractivity (Wildman–Crippen MR) is 90.2 cm³/mol. The summed E-state index contributed by atoms with van der Waals surface area (Å²) in [6, 6.07) is 0.621. The fourth-order valence-corrected chi connectivity index (χ4v) is 3.78. The number of ether oxygens (including phenoxy) is 2. The maximum absolute atomic E-state index is 13.0. The van der Waals surface area contributed by atoms with E-state index < -0.39 is 17.5 Å². The van der Waals surface area contributed by atoms with Crippen LogP contribution in [0.2, 0.25) is 0 Å². The van der Waals surface area contributed by atoms with E-state index in [0.717, 1.165) is 31.5 Å². The van der Waals surface area contributed by atoms with E-state index in [2.05, 4.69) is 15.3 Å². The fraction of sp³-hybridized carbons (Fsp3) is 0.706. The van der Waals surface area contributed by atoms with Crippen LogP contribution < -0.4 is 10.2 Å². The zero-order valence-corrected chi connectivity index (χ0v) is 15.1. The van der Waals surface area contributed by atoms with Gasteiger partial charge in [-0.05, 0) is 18.9 Å². The van der Waals surface area contributed by atoms with Crippen LogP contribution in [0.4, 0.5) is 19.1 Å². The molecular weight excluding hydrogens is 365 g/mol. The number of methoxy groups -OCH3 is 1. The third-order valence-electron chi connectivity index (χ3n) is 5.01. The molecule has 1 aliphatic carbocycles. The summed E-state index contributed by atoms with van der Waals surface area (Å²) in [7, 11) is 1.44. The number of carbonyl (C=O) groups is 1. The van der Waals surface area contributed by atoms with Crippen molar-refractivity contribution in [1.29, 1.82) is 0 Å². The summed E-state index contributed by atoms with van der Waals surface area (Å²) in [6.07, 6.45) is -0.0840. The number of rotatable bonds is 4. The third kappa shape index (κ3) is 4.49. The minimum absolute atomic E-state index is 0.0278. The van der Waals surface area contributed by atoms with Crippen molar-refractivity contribution in [1.82, 2.24) is 15.3 Å². The van der Waals surface area contributed by atoms with Gasteiger partial charge in [0.25, 0.3) is 0 Å². The largest absolute Gasteiger partial charge is 0.433 e. The number of hydrogen-bond acceptors (Lipinski definition) is 6. The normalized spacial score (nSPS) is 26.2. The molecule has 2 aliphatic rings. The highest BCUT2D eigenvalue weighted by atomic mass is 19.4. The molecule has 1 aromatic heterocycles. The first-order valence-corrected chi connectivity index (χ1v) is 8.91. The van der Waals surface area contributed by atoms with Crippen LogP contribution in [0.15, 0.2) is 12.3 Å². The van der Waals surface area contributed by atoms with Gasteiger partial charge >= 0.3 is 6.18 Å². The van der Waals surface area contributed by atoms with Gasteiger partial charge in [0.15, 0.2) is 0 Å². The minimum atomic E-state index is -4.52. The number of anilines is 1. The monoisotopic (exact) mass is 388 g/mol. The SMILES string of the molecule is COCC(=O)N[C@H]1CCCC[C@@]12CN(c1nccc(C(F)(F)F)n1)CCO2. The number of amides is 1. The van der Waals surface area contributed by atoms with Crippen LogP contribution >= 0.6 is 0 Å². The van der Waals surface area contributed by atoms with E-state index in [-0.39, 0.29) is 24.5 Å². The maximum atomic E-state index is 13.0. The van der Waals surface area contributed by atoms with Gasteiger partial charge in [-0.15, -0.1) is 0 Å². The van der Waals surface area contributed by atoms with Crippen LogP contribution in [0, 0.1) is 0 Å². The minimum Gasteiger partial charge on any atom is -0.375 e.